The van der Waals surface area contributed by atoms with Gasteiger partial charge in [0, 0.05) is 24.6 Å². The molecule has 6 rings (SSSR count). The summed E-state index contributed by atoms with van der Waals surface area (Å²) in [7, 11) is 6.68. The minimum absolute atomic E-state index is 0.0273. The van der Waals surface area contributed by atoms with Crippen molar-refractivity contribution >= 4 is 29.0 Å². The lowest BCUT2D eigenvalue weighted by molar-refractivity contribution is -0.181. The lowest BCUT2D eigenvalue weighted by atomic mass is 9.52. The SMILES string of the molecule is COc1ccc(CN(C)Cc2ccccc2)cc1-c1ccc(O)c2c1C[C@H]1C[C@H]3[C@H](N(C)C)C(=O)C(C(N)=O)C(=O)[C@@]3(O)C(=O)C1C2=O. The molecule has 0 saturated heterocycles. The molecule has 0 aromatic heterocycles. The van der Waals surface area contributed by atoms with E-state index in [2.05, 4.69) is 17.0 Å². The standard InChI is InChI=1S/C37H39N3O8/c1-39(2)31-25-16-21-15-24-22(23-14-20(10-13-27(23)48-4)18-40(3)17-19-8-6-5-7-9-19)11-12-26(41)29(24)32(42)28(21)34(44)37(25,47)35(45)30(33(31)43)36(38)46/h5-14,21,25,28,30-31,41,47H,15-18H2,1-4H3,(H2,38,46)/t21-,25-,28?,30?,31-,37-/m0/s1. The van der Waals surface area contributed by atoms with Crippen LogP contribution >= 0.6 is 0 Å². The molecule has 0 aliphatic heterocycles. The van der Waals surface area contributed by atoms with E-state index in [-0.39, 0.29) is 24.2 Å². The van der Waals surface area contributed by atoms with Gasteiger partial charge >= 0.3 is 0 Å². The molecule has 11 nitrogen and oxygen atoms in total. The van der Waals surface area contributed by atoms with Gasteiger partial charge in [-0.1, -0.05) is 42.5 Å². The van der Waals surface area contributed by atoms with Gasteiger partial charge in [-0.3, -0.25) is 33.8 Å². The number of phenols is 1. The molecule has 0 radical (unpaired) electrons. The third kappa shape index (κ3) is 5.22. The van der Waals surface area contributed by atoms with Crippen molar-refractivity contribution in [1.82, 2.24) is 9.80 Å². The summed E-state index contributed by atoms with van der Waals surface area (Å²) in [6.45, 7) is 1.35. The van der Waals surface area contributed by atoms with E-state index in [9.17, 15) is 34.2 Å². The molecule has 2 fully saturated rings. The molecule has 4 N–H and O–H groups in total. The number of ketones is 4. The highest BCUT2D eigenvalue weighted by Gasteiger charge is 2.69. The summed E-state index contributed by atoms with van der Waals surface area (Å²) in [6, 6.07) is 17.8. The molecule has 0 spiro atoms. The summed E-state index contributed by atoms with van der Waals surface area (Å²) >= 11 is 0. The lowest BCUT2D eigenvalue weighted by Crippen LogP contribution is -2.74. The maximum absolute atomic E-state index is 14.2. The molecule has 2 saturated carbocycles. The van der Waals surface area contributed by atoms with Crippen LogP contribution in [0.2, 0.25) is 0 Å². The average Bonchev–Trinajstić information content (AvgIpc) is 3.03. The Hall–Kier alpha value is -4.71. The molecular formula is C37H39N3O8. The van der Waals surface area contributed by atoms with E-state index in [1.807, 2.05) is 43.4 Å². The van der Waals surface area contributed by atoms with E-state index in [0.717, 1.165) is 12.1 Å². The van der Waals surface area contributed by atoms with Crippen molar-refractivity contribution in [3.8, 4) is 22.6 Å². The number of likely N-dealkylation sites (N-methyl/N-ethyl adjacent to an activating group) is 1. The zero-order valence-electron chi connectivity index (χ0n) is 27.3. The largest absolute Gasteiger partial charge is 0.507 e. The molecule has 3 aromatic rings. The zero-order valence-corrected chi connectivity index (χ0v) is 27.3. The first-order valence-corrected chi connectivity index (χ1v) is 15.9. The van der Waals surface area contributed by atoms with Crippen molar-refractivity contribution in [1.29, 1.82) is 0 Å². The highest BCUT2D eigenvalue weighted by Crippen LogP contribution is 2.52. The van der Waals surface area contributed by atoms with Crippen LogP contribution in [0.3, 0.4) is 0 Å². The van der Waals surface area contributed by atoms with E-state index in [1.54, 1.807) is 27.3 Å². The summed E-state index contributed by atoms with van der Waals surface area (Å²) in [6.07, 6.45) is 0.122. The van der Waals surface area contributed by atoms with Gasteiger partial charge in [0.1, 0.15) is 11.5 Å². The Balaban J connectivity index is 1.41. The number of aliphatic hydroxyl groups is 1. The predicted octanol–water partition coefficient (Wildman–Crippen LogP) is 2.17. The number of carbonyl (C=O) groups is 5. The van der Waals surface area contributed by atoms with E-state index in [1.165, 1.54) is 16.5 Å². The van der Waals surface area contributed by atoms with Gasteiger partial charge in [-0.2, -0.15) is 0 Å². The predicted molar refractivity (Wildman–Crippen MR) is 175 cm³/mol. The van der Waals surface area contributed by atoms with Gasteiger partial charge in [-0.15, -0.1) is 0 Å². The van der Waals surface area contributed by atoms with Crippen molar-refractivity contribution in [2.45, 2.75) is 37.6 Å². The number of ether oxygens (including phenoxy) is 1. The summed E-state index contributed by atoms with van der Waals surface area (Å²) in [4.78, 5) is 71.2. The monoisotopic (exact) mass is 653 g/mol. The molecule has 1 amide bonds. The minimum atomic E-state index is -2.77. The number of benzene rings is 3. The molecule has 48 heavy (non-hydrogen) atoms. The van der Waals surface area contributed by atoms with E-state index < -0.39 is 64.4 Å². The van der Waals surface area contributed by atoms with Crippen LogP contribution in [0.4, 0.5) is 0 Å². The zero-order chi connectivity index (χ0) is 34.7. The molecule has 3 aliphatic rings. The van der Waals surface area contributed by atoms with Crippen LogP contribution in [0.5, 0.6) is 11.5 Å². The Morgan fingerprint density at radius 3 is 2.27 bits per heavy atom. The fourth-order valence-electron chi connectivity index (χ4n) is 8.18. The number of aromatic hydroxyl groups is 1. The highest BCUT2D eigenvalue weighted by molar-refractivity contribution is 6.32. The molecular weight excluding hydrogens is 614 g/mol. The van der Waals surface area contributed by atoms with Gasteiger partial charge in [0.05, 0.1) is 24.6 Å². The second-order valence-corrected chi connectivity index (χ2v) is 13.5. The summed E-state index contributed by atoms with van der Waals surface area (Å²) in [5.74, 6) is -10.3. The molecule has 2 unspecified atom stereocenters. The van der Waals surface area contributed by atoms with E-state index in [4.69, 9.17) is 10.5 Å². The van der Waals surface area contributed by atoms with Crippen LogP contribution in [0, 0.1) is 23.7 Å². The molecule has 250 valence electrons. The van der Waals surface area contributed by atoms with Crippen molar-refractivity contribution in [3.05, 3.63) is 82.9 Å². The third-order valence-electron chi connectivity index (χ3n) is 10.2. The minimum Gasteiger partial charge on any atom is -0.507 e. The number of amides is 1. The summed E-state index contributed by atoms with van der Waals surface area (Å²) in [5.41, 5.74) is 6.59. The molecule has 6 atom stereocenters. The number of hydrogen-bond donors (Lipinski definition) is 3. The number of carbonyl (C=O) groups excluding carboxylic acids is 5. The number of nitrogens with zero attached hydrogens (tertiary/aromatic N) is 2. The quantitative estimate of drug-likeness (QED) is 0.307. The lowest BCUT2D eigenvalue weighted by Gasteiger charge is -2.52. The van der Waals surface area contributed by atoms with Gasteiger partial charge < -0.3 is 20.7 Å². The topological polar surface area (TPSA) is 168 Å². The van der Waals surface area contributed by atoms with Gasteiger partial charge in [0.25, 0.3) is 0 Å². The number of primary amides is 1. The second kappa shape index (κ2) is 12.4. The number of hydrogen-bond acceptors (Lipinski definition) is 10. The van der Waals surface area contributed by atoms with Gasteiger partial charge in [-0.25, -0.2) is 0 Å². The summed E-state index contributed by atoms with van der Waals surface area (Å²) in [5, 5.41) is 22.8. The van der Waals surface area contributed by atoms with Crippen molar-refractivity contribution in [2.24, 2.45) is 29.4 Å². The van der Waals surface area contributed by atoms with Crippen LogP contribution in [-0.2, 0) is 38.7 Å². The van der Waals surface area contributed by atoms with Crippen LogP contribution in [0.15, 0.2) is 60.7 Å². The van der Waals surface area contributed by atoms with E-state index >= 15 is 0 Å². The smallest absolute Gasteiger partial charge is 0.235 e. The van der Waals surface area contributed by atoms with Crippen molar-refractivity contribution in [2.75, 3.05) is 28.3 Å². The molecule has 0 bridgehead atoms. The Morgan fingerprint density at radius 2 is 1.62 bits per heavy atom. The number of Topliss-reactive ketones (excluding diaryl/α,β-unsaturated/α-hetero) is 4. The van der Waals surface area contributed by atoms with Crippen LogP contribution < -0.4 is 10.5 Å². The molecule has 0 heterocycles. The highest BCUT2D eigenvalue weighted by atomic mass is 16.5. The third-order valence-corrected chi connectivity index (χ3v) is 10.2. The Morgan fingerprint density at radius 1 is 0.938 bits per heavy atom. The molecule has 11 heteroatoms. The number of rotatable bonds is 8. The van der Waals surface area contributed by atoms with Gasteiger partial charge in [0.2, 0.25) is 5.91 Å². The number of nitrogens with two attached hydrogens (primary N) is 1. The fraction of sp³-hybridized carbons (Fsp3) is 0.378. The average molecular weight is 654 g/mol. The number of fused-ring (bicyclic) bond motifs is 3. The Kier molecular flexibility index (Phi) is 8.57. The van der Waals surface area contributed by atoms with Crippen LogP contribution in [-0.4, -0.2) is 88.9 Å². The molecule has 3 aliphatic carbocycles. The van der Waals surface area contributed by atoms with Crippen molar-refractivity contribution < 1.29 is 38.9 Å². The first kappa shape index (κ1) is 33.2. The Labute approximate surface area is 278 Å². The second-order valence-electron chi connectivity index (χ2n) is 13.5. The first-order chi connectivity index (χ1) is 22.8. The van der Waals surface area contributed by atoms with Gasteiger partial charge in [0.15, 0.2) is 34.7 Å². The maximum Gasteiger partial charge on any atom is 0.235 e. The van der Waals surface area contributed by atoms with Crippen molar-refractivity contribution in [3.63, 3.8) is 0 Å². The van der Waals surface area contributed by atoms with Gasteiger partial charge in [-0.05, 0) is 80.4 Å². The maximum atomic E-state index is 14.2. The first-order valence-electron chi connectivity index (χ1n) is 15.9. The number of phenolic OH excluding ortho intramolecular Hbond substituents is 1. The normalized spacial score (nSPS) is 26.7. The number of methoxy groups -OCH3 is 1. The van der Waals surface area contributed by atoms with E-state index in [0.29, 0.717) is 29.0 Å². The Bertz CT molecular complexity index is 1840. The molecule has 3 aromatic carbocycles. The van der Waals surface area contributed by atoms with Crippen LogP contribution in [0.1, 0.15) is 33.5 Å². The summed E-state index contributed by atoms with van der Waals surface area (Å²) < 4.78 is 5.74. The van der Waals surface area contributed by atoms with Crippen LogP contribution in [0.25, 0.3) is 11.1 Å². The fourth-order valence-corrected chi connectivity index (χ4v) is 8.18.